The first-order valence-electron chi connectivity index (χ1n) is 5.24. The summed E-state index contributed by atoms with van der Waals surface area (Å²) in [4.78, 5) is 11.2. The molecule has 1 aromatic carbocycles. The molecule has 1 unspecified atom stereocenters. The quantitative estimate of drug-likeness (QED) is 0.472. The smallest absolute Gasteiger partial charge is 0.282 e. The van der Waals surface area contributed by atoms with Gasteiger partial charge in [-0.15, -0.1) is 11.8 Å². The van der Waals surface area contributed by atoms with E-state index in [0.717, 1.165) is 17.2 Å². The number of rotatable bonds is 6. The average molecular weight is 240 g/mol. The van der Waals surface area contributed by atoms with Crippen molar-refractivity contribution in [1.82, 2.24) is 5.32 Å². The van der Waals surface area contributed by atoms with Gasteiger partial charge in [0.25, 0.3) is 5.69 Å². The molecule has 0 saturated heterocycles. The minimum absolute atomic E-state index is 0.191. The molecule has 1 N–H and O–H groups in total. The van der Waals surface area contributed by atoms with E-state index in [1.54, 1.807) is 18.2 Å². The lowest BCUT2D eigenvalue weighted by atomic mass is 10.3. The fourth-order valence-corrected chi connectivity index (χ4v) is 2.36. The van der Waals surface area contributed by atoms with Crippen molar-refractivity contribution in [3.05, 3.63) is 34.4 Å². The van der Waals surface area contributed by atoms with Gasteiger partial charge in [-0.2, -0.15) is 0 Å². The number of nitro groups is 1. The summed E-state index contributed by atoms with van der Waals surface area (Å²) >= 11 is 1.52. The summed E-state index contributed by atoms with van der Waals surface area (Å²) in [6.07, 6.45) is 0. The normalized spacial score (nSPS) is 12.4. The molecular weight excluding hydrogens is 224 g/mol. The molecule has 0 aromatic heterocycles. The van der Waals surface area contributed by atoms with Crippen LogP contribution < -0.4 is 5.32 Å². The molecule has 5 heteroatoms. The van der Waals surface area contributed by atoms with Crippen LogP contribution in [0.4, 0.5) is 5.69 Å². The molecular formula is C11H16N2O2S. The van der Waals surface area contributed by atoms with Crippen LogP contribution >= 0.6 is 11.8 Å². The number of hydrogen-bond donors (Lipinski definition) is 1. The molecule has 1 aromatic rings. The van der Waals surface area contributed by atoms with Gasteiger partial charge in [-0.05, 0) is 19.5 Å². The maximum atomic E-state index is 10.8. The van der Waals surface area contributed by atoms with Crippen molar-refractivity contribution in [3.8, 4) is 0 Å². The van der Waals surface area contributed by atoms with Crippen LogP contribution in [0.25, 0.3) is 0 Å². The van der Waals surface area contributed by atoms with Gasteiger partial charge in [0, 0.05) is 17.9 Å². The number of thioether (sulfide) groups is 1. The minimum Gasteiger partial charge on any atom is -0.314 e. The molecule has 16 heavy (non-hydrogen) atoms. The summed E-state index contributed by atoms with van der Waals surface area (Å²) in [6, 6.07) is 7.21. The Hall–Kier alpha value is -1.07. The molecule has 0 aliphatic heterocycles. The van der Waals surface area contributed by atoms with Crippen molar-refractivity contribution in [2.24, 2.45) is 0 Å². The number of para-hydroxylation sites is 1. The van der Waals surface area contributed by atoms with E-state index in [1.165, 1.54) is 11.8 Å². The molecule has 0 radical (unpaired) electrons. The molecule has 0 saturated carbocycles. The van der Waals surface area contributed by atoms with E-state index < -0.39 is 0 Å². The number of hydrogen-bond acceptors (Lipinski definition) is 4. The van der Waals surface area contributed by atoms with Crippen LogP contribution in [0.1, 0.15) is 13.8 Å². The van der Waals surface area contributed by atoms with Gasteiger partial charge in [0.2, 0.25) is 0 Å². The van der Waals surface area contributed by atoms with Crippen LogP contribution in [0.5, 0.6) is 0 Å². The van der Waals surface area contributed by atoms with Crippen LogP contribution in [0, 0.1) is 10.1 Å². The van der Waals surface area contributed by atoms with Crippen molar-refractivity contribution in [1.29, 1.82) is 0 Å². The zero-order valence-electron chi connectivity index (χ0n) is 9.47. The maximum absolute atomic E-state index is 10.8. The summed E-state index contributed by atoms with van der Waals surface area (Å²) in [5.74, 6) is 0.832. The van der Waals surface area contributed by atoms with E-state index in [2.05, 4.69) is 12.2 Å². The highest BCUT2D eigenvalue weighted by Crippen LogP contribution is 2.28. The highest BCUT2D eigenvalue weighted by molar-refractivity contribution is 7.99. The van der Waals surface area contributed by atoms with E-state index in [-0.39, 0.29) is 10.6 Å². The van der Waals surface area contributed by atoms with E-state index in [1.807, 2.05) is 13.0 Å². The first kappa shape index (κ1) is 13.0. The van der Waals surface area contributed by atoms with Gasteiger partial charge in [0.1, 0.15) is 0 Å². The van der Waals surface area contributed by atoms with Gasteiger partial charge in [-0.1, -0.05) is 19.1 Å². The standard InChI is InChI=1S/C11H16N2O2S/c1-3-12-9(2)8-16-11-7-5-4-6-10(11)13(14)15/h4-7,9,12H,3,8H2,1-2H3. The van der Waals surface area contributed by atoms with Gasteiger partial charge < -0.3 is 5.32 Å². The zero-order chi connectivity index (χ0) is 12.0. The third-order valence-electron chi connectivity index (χ3n) is 2.10. The molecule has 0 aliphatic carbocycles. The molecule has 0 spiro atoms. The lowest BCUT2D eigenvalue weighted by Gasteiger charge is -2.11. The Balaban J connectivity index is 2.63. The van der Waals surface area contributed by atoms with Crippen LogP contribution in [0.15, 0.2) is 29.2 Å². The fraction of sp³-hybridized carbons (Fsp3) is 0.455. The largest absolute Gasteiger partial charge is 0.314 e. The average Bonchev–Trinajstić information content (AvgIpc) is 2.27. The van der Waals surface area contributed by atoms with Crippen molar-refractivity contribution >= 4 is 17.4 Å². The van der Waals surface area contributed by atoms with Crippen molar-refractivity contribution in [3.63, 3.8) is 0 Å². The van der Waals surface area contributed by atoms with Gasteiger partial charge >= 0.3 is 0 Å². The number of nitro benzene ring substituents is 1. The topological polar surface area (TPSA) is 55.2 Å². The molecule has 0 amide bonds. The van der Waals surface area contributed by atoms with Crippen molar-refractivity contribution in [2.75, 3.05) is 12.3 Å². The molecule has 0 aliphatic rings. The van der Waals surface area contributed by atoms with Gasteiger partial charge in [-0.25, -0.2) is 0 Å². The predicted molar refractivity (Wildman–Crippen MR) is 67.0 cm³/mol. The highest BCUT2D eigenvalue weighted by atomic mass is 32.2. The Morgan fingerprint density at radius 1 is 1.50 bits per heavy atom. The molecule has 1 rings (SSSR count). The molecule has 4 nitrogen and oxygen atoms in total. The lowest BCUT2D eigenvalue weighted by Crippen LogP contribution is -2.27. The third-order valence-corrected chi connectivity index (χ3v) is 3.43. The summed E-state index contributed by atoms with van der Waals surface area (Å²) in [5.41, 5.74) is 0.191. The first-order valence-corrected chi connectivity index (χ1v) is 6.23. The highest BCUT2D eigenvalue weighted by Gasteiger charge is 2.13. The summed E-state index contributed by atoms with van der Waals surface area (Å²) in [5, 5.41) is 14.0. The predicted octanol–water partition coefficient (Wildman–Crippen LogP) is 2.68. The summed E-state index contributed by atoms with van der Waals surface area (Å²) < 4.78 is 0. The second kappa shape index (κ2) is 6.50. The Labute approximate surface area is 99.6 Å². The number of nitrogens with zero attached hydrogens (tertiary/aromatic N) is 1. The Morgan fingerprint density at radius 3 is 2.81 bits per heavy atom. The summed E-state index contributed by atoms with van der Waals surface area (Å²) in [6.45, 7) is 5.04. The van der Waals surface area contributed by atoms with E-state index >= 15 is 0 Å². The van der Waals surface area contributed by atoms with E-state index in [0.29, 0.717) is 6.04 Å². The first-order chi connectivity index (χ1) is 7.65. The number of benzene rings is 1. The van der Waals surface area contributed by atoms with Gasteiger partial charge in [0.15, 0.2) is 0 Å². The van der Waals surface area contributed by atoms with Crippen LogP contribution in [0.2, 0.25) is 0 Å². The Kier molecular flexibility index (Phi) is 5.28. The molecule has 0 heterocycles. The van der Waals surface area contributed by atoms with E-state index in [9.17, 15) is 10.1 Å². The zero-order valence-corrected chi connectivity index (χ0v) is 10.3. The molecule has 88 valence electrons. The second-order valence-electron chi connectivity index (χ2n) is 3.49. The van der Waals surface area contributed by atoms with E-state index in [4.69, 9.17) is 0 Å². The Bertz CT molecular complexity index is 358. The SMILES string of the molecule is CCNC(C)CSc1ccccc1[N+](=O)[O-]. The number of nitrogens with one attached hydrogen (secondary N) is 1. The lowest BCUT2D eigenvalue weighted by molar-refractivity contribution is -0.387. The van der Waals surface area contributed by atoms with Crippen molar-refractivity contribution in [2.45, 2.75) is 24.8 Å². The second-order valence-corrected chi connectivity index (χ2v) is 4.56. The molecule has 0 fully saturated rings. The van der Waals surface area contributed by atoms with Crippen molar-refractivity contribution < 1.29 is 4.92 Å². The monoisotopic (exact) mass is 240 g/mol. The fourth-order valence-electron chi connectivity index (χ4n) is 1.35. The summed E-state index contributed by atoms with van der Waals surface area (Å²) in [7, 11) is 0. The molecule has 1 atom stereocenters. The maximum Gasteiger partial charge on any atom is 0.282 e. The Morgan fingerprint density at radius 2 is 2.19 bits per heavy atom. The third kappa shape index (κ3) is 3.83. The van der Waals surface area contributed by atoms with Crippen LogP contribution in [-0.4, -0.2) is 23.3 Å². The van der Waals surface area contributed by atoms with Crippen LogP contribution in [-0.2, 0) is 0 Å². The van der Waals surface area contributed by atoms with Gasteiger partial charge in [0.05, 0.1) is 9.82 Å². The van der Waals surface area contributed by atoms with Gasteiger partial charge in [-0.3, -0.25) is 10.1 Å². The van der Waals surface area contributed by atoms with Crippen LogP contribution in [0.3, 0.4) is 0 Å². The minimum atomic E-state index is -0.333. The molecule has 0 bridgehead atoms.